The van der Waals surface area contributed by atoms with E-state index in [9.17, 15) is 19.5 Å². The van der Waals surface area contributed by atoms with Gasteiger partial charge in [-0.2, -0.15) is 9.55 Å². The first-order valence-corrected chi connectivity index (χ1v) is 11.1. The van der Waals surface area contributed by atoms with Crippen molar-refractivity contribution in [3.63, 3.8) is 0 Å². The van der Waals surface area contributed by atoms with Gasteiger partial charge in [0.05, 0.1) is 11.7 Å². The monoisotopic (exact) mass is 487 g/mol. The molecule has 2 amide bonds. The predicted molar refractivity (Wildman–Crippen MR) is 115 cm³/mol. The summed E-state index contributed by atoms with van der Waals surface area (Å²) in [5.41, 5.74) is 7.12. The van der Waals surface area contributed by atoms with Crippen LogP contribution in [0.3, 0.4) is 0 Å². The maximum absolute atomic E-state index is 12.9. The number of nitrogen functional groups attached to an aromatic ring is 1. The van der Waals surface area contributed by atoms with Gasteiger partial charge in [-0.3, -0.25) is 14.5 Å². The number of carboxylic acids is 1. The van der Waals surface area contributed by atoms with E-state index in [0.717, 1.165) is 22.6 Å². The third kappa shape index (κ3) is 4.31. The molecule has 178 valence electrons. The highest BCUT2D eigenvalue weighted by Gasteiger charge is 2.53. The van der Waals surface area contributed by atoms with Gasteiger partial charge in [-0.25, -0.2) is 4.98 Å². The predicted octanol–water partition coefficient (Wildman–Crippen LogP) is -1.99. The number of carbonyl (C=O) groups excluding carboxylic acids is 3. The van der Waals surface area contributed by atoms with E-state index in [0.29, 0.717) is 11.3 Å². The number of nitrogens with zero attached hydrogens (tertiary/aromatic N) is 5. The van der Waals surface area contributed by atoms with Crippen LogP contribution in [0.4, 0.5) is 6.01 Å². The van der Waals surface area contributed by atoms with Crippen molar-refractivity contribution in [2.75, 3.05) is 18.6 Å². The number of β-lactam (4-membered cyclic amide) rings is 1. The van der Waals surface area contributed by atoms with Crippen molar-refractivity contribution in [3.8, 4) is 0 Å². The molecular weight excluding hydrogens is 466 g/mol. The Balaban J connectivity index is 1.55. The lowest BCUT2D eigenvalue weighted by Gasteiger charge is -2.50. The maximum Gasteiger partial charge on any atom is 0.292 e. The van der Waals surface area contributed by atoms with Crippen LogP contribution in [0.25, 0.3) is 0 Å². The zero-order valence-corrected chi connectivity index (χ0v) is 19.3. The van der Waals surface area contributed by atoms with Gasteiger partial charge in [0, 0.05) is 11.3 Å². The van der Waals surface area contributed by atoms with E-state index in [1.807, 2.05) is 18.4 Å². The van der Waals surface area contributed by atoms with E-state index in [-0.39, 0.29) is 29.7 Å². The van der Waals surface area contributed by atoms with Crippen LogP contribution in [-0.4, -0.2) is 62.6 Å². The fraction of sp³-hybridized carbons (Fsp3) is 0.350. The molecule has 14 heteroatoms. The molecule has 2 atom stereocenters. The lowest BCUT2D eigenvalue weighted by molar-refractivity contribution is -0.690. The summed E-state index contributed by atoms with van der Waals surface area (Å²) < 4.78 is 6.71. The molecule has 3 N–H and O–H groups in total. The molecule has 2 aromatic rings. The molecule has 2 aliphatic heterocycles. The Morgan fingerprint density at radius 3 is 2.68 bits per heavy atom. The van der Waals surface area contributed by atoms with Crippen molar-refractivity contribution >= 4 is 41.3 Å². The normalized spacial score (nSPS) is 20.0. The summed E-state index contributed by atoms with van der Waals surface area (Å²) in [4.78, 5) is 51.7. The lowest BCUT2D eigenvalue weighted by atomic mass is 10.0. The number of carbonyl (C=O) groups is 3. The summed E-state index contributed by atoms with van der Waals surface area (Å²) in [6.45, 7) is 3.93. The number of aliphatic carboxylic acids is 1. The molecule has 1 saturated heterocycles. The smallest absolute Gasteiger partial charge is 0.292 e. The molecule has 4 heterocycles. The molecule has 2 aliphatic rings. The number of nitrogens with two attached hydrogens (primary N) is 1. The van der Waals surface area contributed by atoms with Gasteiger partial charge in [0.1, 0.15) is 41.9 Å². The molecule has 0 bridgehead atoms. The molecule has 1 unspecified atom stereocenters. The number of amides is 2. The number of anilines is 1. The highest BCUT2D eigenvalue weighted by atomic mass is 32.2. The minimum Gasteiger partial charge on any atom is -0.543 e. The second-order valence-electron chi connectivity index (χ2n) is 7.62. The van der Waals surface area contributed by atoms with E-state index in [1.165, 1.54) is 18.9 Å². The van der Waals surface area contributed by atoms with Gasteiger partial charge in [-0.05, 0) is 13.8 Å². The SMILES string of the molecule is CO/N=C(\C(=O)NC1C(=O)N2C(C(=O)[O-])=C(C[n+]3cc(C)nc(C)c3)CS[C@H]12)c1coc(N)n1. The third-order valence-corrected chi connectivity index (χ3v) is 6.46. The number of hydrogen-bond acceptors (Lipinski definition) is 11. The summed E-state index contributed by atoms with van der Waals surface area (Å²) in [6, 6.07) is -1.15. The Kier molecular flexibility index (Phi) is 6.24. The zero-order valence-electron chi connectivity index (χ0n) is 18.5. The van der Waals surface area contributed by atoms with Crippen molar-refractivity contribution < 1.29 is 33.3 Å². The molecule has 4 rings (SSSR count). The Hall–Kier alpha value is -3.94. The number of thioether (sulfide) groups is 1. The van der Waals surface area contributed by atoms with Crippen LogP contribution < -0.4 is 20.7 Å². The van der Waals surface area contributed by atoms with Crippen molar-refractivity contribution in [3.05, 3.63) is 47.0 Å². The number of aromatic nitrogens is 3. The second kappa shape index (κ2) is 9.13. The average Bonchev–Trinajstić information content (AvgIpc) is 3.20. The summed E-state index contributed by atoms with van der Waals surface area (Å²) >= 11 is 1.34. The van der Waals surface area contributed by atoms with Gasteiger partial charge in [0.2, 0.25) is 0 Å². The molecule has 0 aromatic carbocycles. The fourth-order valence-electron chi connectivity index (χ4n) is 3.86. The lowest BCUT2D eigenvalue weighted by Crippen LogP contribution is -2.71. The Morgan fingerprint density at radius 2 is 2.09 bits per heavy atom. The Bertz CT molecular complexity index is 1220. The Labute approximate surface area is 197 Å². The van der Waals surface area contributed by atoms with Crippen molar-refractivity contribution in [1.82, 2.24) is 20.2 Å². The highest BCUT2D eigenvalue weighted by Crippen LogP contribution is 2.40. The summed E-state index contributed by atoms with van der Waals surface area (Å²) in [7, 11) is 1.24. The van der Waals surface area contributed by atoms with Crippen molar-refractivity contribution in [2.24, 2.45) is 5.16 Å². The topological polar surface area (TPSA) is 180 Å². The number of oxazole rings is 1. The number of hydrogen-bond donors (Lipinski definition) is 2. The third-order valence-electron chi connectivity index (χ3n) is 5.12. The van der Waals surface area contributed by atoms with E-state index >= 15 is 0 Å². The average molecular weight is 487 g/mol. The number of nitrogens with one attached hydrogen (secondary N) is 1. The molecule has 1 fully saturated rings. The highest BCUT2D eigenvalue weighted by molar-refractivity contribution is 8.00. The number of rotatable bonds is 7. The van der Waals surface area contributed by atoms with Gasteiger partial charge >= 0.3 is 0 Å². The van der Waals surface area contributed by atoms with E-state index < -0.39 is 29.2 Å². The summed E-state index contributed by atoms with van der Waals surface area (Å²) in [6.07, 6.45) is 4.70. The number of carboxylic acid groups (broad SMARTS) is 1. The van der Waals surface area contributed by atoms with Crippen LogP contribution in [0.5, 0.6) is 0 Å². The van der Waals surface area contributed by atoms with Crippen LogP contribution in [0.15, 0.2) is 39.5 Å². The van der Waals surface area contributed by atoms with E-state index in [4.69, 9.17) is 15.0 Å². The first-order chi connectivity index (χ1) is 16.2. The fourth-order valence-corrected chi connectivity index (χ4v) is 5.20. The standard InChI is InChI=1S/C20H21N7O6S/c1-9-4-26(5-10(2)22-9)6-11-8-34-18-14(17(29)27(18)15(11)19(30)31)24-16(28)13(25-32-3)12-7-33-20(21)23-12/h4-5,7,14,18H,6,8H2,1-3H3,(H3-,21,23,24,28,30,31)/b25-13-/t14?,18-/m1/s1. The van der Waals surface area contributed by atoms with E-state index in [1.54, 1.807) is 12.4 Å². The van der Waals surface area contributed by atoms with Crippen molar-refractivity contribution in [2.45, 2.75) is 31.8 Å². The van der Waals surface area contributed by atoms with Crippen LogP contribution in [-0.2, 0) is 25.8 Å². The van der Waals surface area contributed by atoms with Gasteiger partial charge in [-0.1, -0.05) is 5.16 Å². The Morgan fingerprint density at radius 1 is 1.38 bits per heavy atom. The molecule has 2 aromatic heterocycles. The first-order valence-electron chi connectivity index (χ1n) is 10.1. The summed E-state index contributed by atoms with van der Waals surface area (Å²) in [5, 5.41) is 17.6. The summed E-state index contributed by atoms with van der Waals surface area (Å²) in [5.74, 6) is -2.46. The first kappa shape index (κ1) is 23.2. The maximum atomic E-state index is 12.9. The number of fused-ring (bicyclic) bond motifs is 1. The minimum atomic E-state index is -1.46. The van der Waals surface area contributed by atoms with Gasteiger partial charge in [-0.15, -0.1) is 11.8 Å². The largest absolute Gasteiger partial charge is 0.543 e. The quantitative estimate of drug-likeness (QED) is 0.192. The van der Waals surface area contributed by atoms with Gasteiger partial charge in [0.25, 0.3) is 17.8 Å². The minimum absolute atomic E-state index is 0.0225. The van der Waals surface area contributed by atoms with Crippen LogP contribution >= 0.6 is 11.8 Å². The van der Waals surface area contributed by atoms with Crippen LogP contribution in [0.2, 0.25) is 0 Å². The molecular formula is C20H21N7O6S. The molecule has 0 radical (unpaired) electrons. The molecule has 0 saturated carbocycles. The van der Waals surface area contributed by atoms with E-state index in [2.05, 4.69) is 20.4 Å². The van der Waals surface area contributed by atoms with Crippen LogP contribution in [0, 0.1) is 13.8 Å². The number of oxime groups is 1. The molecule has 0 spiro atoms. The molecule has 0 aliphatic carbocycles. The van der Waals surface area contributed by atoms with Crippen LogP contribution in [0.1, 0.15) is 17.1 Å². The van der Waals surface area contributed by atoms with Gasteiger partial charge in [0.15, 0.2) is 24.7 Å². The second-order valence-corrected chi connectivity index (χ2v) is 8.72. The zero-order chi connectivity index (χ0) is 24.6. The van der Waals surface area contributed by atoms with Gasteiger partial charge < -0.3 is 30.2 Å². The molecule has 13 nitrogen and oxygen atoms in total. The number of aryl methyl sites for hydroxylation is 2. The van der Waals surface area contributed by atoms with Crippen molar-refractivity contribution in [1.29, 1.82) is 0 Å². The molecule has 34 heavy (non-hydrogen) atoms.